The molecule has 0 aliphatic rings. The predicted octanol–water partition coefficient (Wildman–Crippen LogP) is 1.44. The van der Waals surface area contributed by atoms with Gasteiger partial charge in [0.15, 0.2) is 0 Å². The number of aromatic carboxylic acids is 1. The fourth-order valence-electron chi connectivity index (χ4n) is 1.86. The molecule has 22 heavy (non-hydrogen) atoms. The third kappa shape index (κ3) is 3.26. The number of amides is 1. The molecule has 0 atom stereocenters. The Kier molecular flexibility index (Phi) is 4.16. The zero-order valence-corrected chi connectivity index (χ0v) is 11.5. The van der Waals surface area contributed by atoms with Crippen LogP contribution in [-0.4, -0.2) is 31.7 Å². The lowest BCUT2D eigenvalue weighted by molar-refractivity contribution is -0.384. The molecule has 1 aromatic carbocycles. The summed E-state index contributed by atoms with van der Waals surface area (Å²) in [7, 11) is 0. The van der Waals surface area contributed by atoms with E-state index in [9.17, 15) is 19.7 Å². The van der Waals surface area contributed by atoms with E-state index in [1.165, 1.54) is 24.4 Å². The molecule has 9 heteroatoms. The van der Waals surface area contributed by atoms with Crippen LogP contribution in [0.15, 0.2) is 30.5 Å². The van der Waals surface area contributed by atoms with Crippen molar-refractivity contribution in [1.29, 1.82) is 0 Å². The highest BCUT2D eigenvalue weighted by atomic mass is 16.6. The molecule has 1 aromatic heterocycles. The normalized spacial score (nSPS) is 10.2. The number of anilines is 1. The molecule has 0 bridgehead atoms. The average molecular weight is 304 g/mol. The van der Waals surface area contributed by atoms with Crippen molar-refractivity contribution >= 4 is 23.3 Å². The molecule has 9 nitrogen and oxygen atoms in total. The van der Waals surface area contributed by atoms with E-state index in [1.54, 1.807) is 13.0 Å². The summed E-state index contributed by atoms with van der Waals surface area (Å²) in [5, 5.41) is 26.0. The van der Waals surface area contributed by atoms with Crippen molar-refractivity contribution in [3.8, 4) is 0 Å². The number of aryl methyl sites for hydroxylation is 1. The van der Waals surface area contributed by atoms with Crippen molar-refractivity contribution < 1.29 is 19.6 Å². The van der Waals surface area contributed by atoms with E-state index >= 15 is 0 Å². The van der Waals surface area contributed by atoms with E-state index in [4.69, 9.17) is 5.11 Å². The number of rotatable bonds is 5. The summed E-state index contributed by atoms with van der Waals surface area (Å²) in [6, 6.07) is 5.64. The van der Waals surface area contributed by atoms with Crippen LogP contribution in [0.3, 0.4) is 0 Å². The molecule has 114 valence electrons. The number of carbonyl (C=O) groups excluding carboxylic acids is 1. The maximum Gasteiger partial charge on any atom is 0.354 e. The fraction of sp³-hybridized carbons (Fsp3) is 0.154. The molecule has 0 saturated heterocycles. The number of nitro benzene ring substituents is 1. The SMILES string of the molecule is Cc1ccc(NC(=O)Cn2nccc2C(=O)O)c([N+](=O)[O-])c1. The van der Waals surface area contributed by atoms with Crippen LogP contribution in [0.4, 0.5) is 11.4 Å². The summed E-state index contributed by atoms with van der Waals surface area (Å²) >= 11 is 0. The Morgan fingerprint density at radius 2 is 2.14 bits per heavy atom. The second-order valence-electron chi connectivity index (χ2n) is 4.51. The van der Waals surface area contributed by atoms with Gasteiger partial charge in [-0.2, -0.15) is 5.10 Å². The molecule has 1 amide bonds. The van der Waals surface area contributed by atoms with Crippen molar-refractivity contribution in [3.05, 3.63) is 51.8 Å². The number of hydrogen-bond acceptors (Lipinski definition) is 5. The van der Waals surface area contributed by atoms with Crippen molar-refractivity contribution in [2.24, 2.45) is 0 Å². The van der Waals surface area contributed by atoms with Crippen LogP contribution in [0.5, 0.6) is 0 Å². The number of nitro groups is 1. The Balaban J connectivity index is 2.18. The molecule has 0 unspecified atom stereocenters. The summed E-state index contributed by atoms with van der Waals surface area (Å²) in [6.07, 6.45) is 1.26. The lowest BCUT2D eigenvalue weighted by Gasteiger charge is -2.08. The van der Waals surface area contributed by atoms with Gasteiger partial charge in [-0.3, -0.25) is 14.9 Å². The highest BCUT2D eigenvalue weighted by molar-refractivity contribution is 5.93. The lowest BCUT2D eigenvalue weighted by Crippen LogP contribution is -2.22. The predicted molar refractivity (Wildman–Crippen MR) is 75.6 cm³/mol. The molecule has 0 spiro atoms. The summed E-state index contributed by atoms with van der Waals surface area (Å²) in [5.41, 5.74) is 0.357. The first-order valence-corrected chi connectivity index (χ1v) is 6.18. The molecule has 2 rings (SSSR count). The lowest BCUT2D eigenvalue weighted by atomic mass is 10.2. The van der Waals surface area contributed by atoms with Gasteiger partial charge in [0.05, 0.1) is 4.92 Å². The number of carboxylic acids is 1. The van der Waals surface area contributed by atoms with E-state index < -0.39 is 16.8 Å². The van der Waals surface area contributed by atoms with Gasteiger partial charge < -0.3 is 10.4 Å². The van der Waals surface area contributed by atoms with Crippen LogP contribution >= 0.6 is 0 Å². The molecule has 0 saturated carbocycles. The molecule has 1 heterocycles. The second kappa shape index (κ2) is 6.04. The number of carboxylic acid groups (broad SMARTS) is 1. The smallest absolute Gasteiger partial charge is 0.354 e. The first-order chi connectivity index (χ1) is 10.4. The second-order valence-corrected chi connectivity index (χ2v) is 4.51. The minimum atomic E-state index is -1.22. The monoisotopic (exact) mass is 304 g/mol. The van der Waals surface area contributed by atoms with Crippen molar-refractivity contribution in [2.45, 2.75) is 13.5 Å². The van der Waals surface area contributed by atoms with Crippen LogP contribution in [0, 0.1) is 17.0 Å². The van der Waals surface area contributed by atoms with Gasteiger partial charge in [-0.1, -0.05) is 6.07 Å². The van der Waals surface area contributed by atoms with Crippen LogP contribution in [0.25, 0.3) is 0 Å². The number of nitrogens with one attached hydrogen (secondary N) is 1. The maximum absolute atomic E-state index is 11.9. The topological polar surface area (TPSA) is 127 Å². The zero-order chi connectivity index (χ0) is 16.3. The van der Waals surface area contributed by atoms with E-state index in [0.717, 1.165) is 4.68 Å². The van der Waals surface area contributed by atoms with Gasteiger partial charge in [0.2, 0.25) is 5.91 Å². The van der Waals surface area contributed by atoms with Gasteiger partial charge >= 0.3 is 5.97 Å². The maximum atomic E-state index is 11.9. The van der Waals surface area contributed by atoms with Gasteiger partial charge in [0, 0.05) is 12.3 Å². The highest BCUT2D eigenvalue weighted by Gasteiger charge is 2.18. The van der Waals surface area contributed by atoms with Crippen LogP contribution in [0.2, 0.25) is 0 Å². The molecule has 0 aliphatic heterocycles. The fourth-order valence-corrected chi connectivity index (χ4v) is 1.86. The van der Waals surface area contributed by atoms with Crippen LogP contribution in [0.1, 0.15) is 16.1 Å². The van der Waals surface area contributed by atoms with Gasteiger partial charge in [0.1, 0.15) is 17.9 Å². The summed E-state index contributed by atoms with van der Waals surface area (Å²) < 4.78 is 0.998. The highest BCUT2D eigenvalue weighted by Crippen LogP contribution is 2.25. The third-order valence-corrected chi connectivity index (χ3v) is 2.85. The summed E-state index contributed by atoms with van der Waals surface area (Å²) in [4.78, 5) is 33.2. The molecule has 0 aliphatic carbocycles. The first-order valence-electron chi connectivity index (χ1n) is 6.18. The van der Waals surface area contributed by atoms with Gasteiger partial charge in [-0.15, -0.1) is 0 Å². The molecular weight excluding hydrogens is 292 g/mol. The van der Waals surface area contributed by atoms with E-state index in [-0.39, 0.29) is 23.6 Å². The zero-order valence-electron chi connectivity index (χ0n) is 11.5. The Labute approximate surface area is 124 Å². The van der Waals surface area contributed by atoms with Crippen molar-refractivity contribution in [1.82, 2.24) is 9.78 Å². The van der Waals surface area contributed by atoms with Crippen LogP contribution < -0.4 is 5.32 Å². The minimum absolute atomic E-state index is 0.0460. The quantitative estimate of drug-likeness (QED) is 0.635. The van der Waals surface area contributed by atoms with Crippen molar-refractivity contribution in [3.63, 3.8) is 0 Å². The molecule has 2 aromatic rings. The molecule has 0 fully saturated rings. The van der Waals surface area contributed by atoms with E-state index in [2.05, 4.69) is 10.4 Å². The minimum Gasteiger partial charge on any atom is -0.477 e. The number of nitrogens with zero attached hydrogens (tertiary/aromatic N) is 3. The Bertz CT molecular complexity index is 753. The molecule has 2 N–H and O–H groups in total. The molecule has 0 radical (unpaired) electrons. The van der Waals surface area contributed by atoms with Crippen molar-refractivity contribution in [2.75, 3.05) is 5.32 Å². The van der Waals surface area contributed by atoms with E-state index in [0.29, 0.717) is 5.56 Å². The van der Waals surface area contributed by atoms with Gasteiger partial charge in [-0.05, 0) is 24.6 Å². The van der Waals surface area contributed by atoms with Gasteiger partial charge in [0.25, 0.3) is 5.69 Å². The largest absolute Gasteiger partial charge is 0.477 e. The summed E-state index contributed by atoms with van der Waals surface area (Å²) in [5.74, 6) is -1.83. The number of aromatic nitrogens is 2. The van der Waals surface area contributed by atoms with Gasteiger partial charge in [-0.25, -0.2) is 9.48 Å². The van der Waals surface area contributed by atoms with E-state index in [1.807, 2.05) is 0 Å². The Morgan fingerprint density at radius 3 is 2.77 bits per heavy atom. The first kappa shape index (κ1) is 15.2. The average Bonchev–Trinajstić information content (AvgIpc) is 2.88. The Morgan fingerprint density at radius 1 is 1.41 bits per heavy atom. The number of hydrogen-bond donors (Lipinski definition) is 2. The third-order valence-electron chi connectivity index (χ3n) is 2.85. The number of benzene rings is 1. The standard InChI is InChI=1S/C13H12N4O5/c1-8-2-3-9(11(6-8)17(21)22)15-12(18)7-16-10(13(19)20)4-5-14-16/h2-6H,7H2,1H3,(H,15,18)(H,19,20). The molecular formula is C13H12N4O5. The van der Waals surface area contributed by atoms with Crippen LogP contribution in [-0.2, 0) is 11.3 Å². The number of carbonyl (C=O) groups is 2. The Hall–Kier alpha value is -3.23. The summed E-state index contributed by atoms with van der Waals surface area (Å²) in [6.45, 7) is 1.33.